The van der Waals surface area contributed by atoms with Gasteiger partial charge in [0.25, 0.3) is 12.0 Å². The first-order chi connectivity index (χ1) is 16.7. The molecule has 0 saturated heterocycles. The number of carboxylic acid groups (broad SMARTS) is 1. The van der Waals surface area contributed by atoms with Crippen LogP contribution in [0.4, 0.5) is 14.6 Å². The highest BCUT2D eigenvalue weighted by Gasteiger charge is 2.43. The summed E-state index contributed by atoms with van der Waals surface area (Å²) in [6, 6.07) is 3.12. The molecule has 1 amide bonds. The molecule has 12 heteroatoms. The lowest BCUT2D eigenvalue weighted by Crippen LogP contribution is -2.21. The average molecular weight is 487 g/mol. The monoisotopic (exact) mass is 487 g/mol. The number of halogens is 2. The maximum absolute atomic E-state index is 14.9. The molecule has 1 saturated carbocycles. The Balaban J connectivity index is 0.00000108. The Bertz CT molecular complexity index is 1390. The van der Waals surface area contributed by atoms with E-state index in [0.717, 1.165) is 0 Å². The lowest BCUT2D eigenvalue weighted by Gasteiger charge is -2.13. The van der Waals surface area contributed by atoms with Gasteiger partial charge in [-0.05, 0) is 31.4 Å². The predicted molar refractivity (Wildman–Crippen MR) is 124 cm³/mol. The van der Waals surface area contributed by atoms with Gasteiger partial charge in [-0.3, -0.25) is 19.4 Å². The lowest BCUT2D eigenvalue weighted by molar-refractivity contribution is -0.123. The highest BCUT2D eigenvalue weighted by Crippen LogP contribution is 2.34. The molecule has 3 N–H and O–H groups in total. The number of aromatic nitrogens is 3. The van der Waals surface area contributed by atoms with E-state index in [-0.39, 0.29) is 47.7 Å². The molecule has 1 aliphatic carbocycles. The van der Waals surface area contributed by atoms with Crippen molar-refractivity contribution in [1.29, 1.82) is 0 Å². The summed E-state index contributed by atoms with van der Waals surface area (Å²) >= 11 is 0. The van der Waals surface area contributed by atoms with Gasteiger partial charge in [0.15, 0.2) is 5.82 Å². The van der Waals surface area contributed by atoms with Crippen LogP contribution in [0.25, 0.3) is 22.0 Å². The molecule has 3 aromatic rings. The Morgan fingerprint density at radius 2 is 1.97 bits per heavy atom. The highest BCUT2D eigenvalue weighted by molar-refractivity contribution is 5.99. The zero-order valence-corrected chi connectivity index (χ0v) is 19.1. The molecule has 0 bridgehead atoms. The summed E-state index contributed by atoms with van der Waals surface area (Å²) in [7, 11) is 1.55. The van der Waals surface area contributed by atoms with Crippen molar-refractivity contribution in [3.8, 4) is 11.1 Å². The van der Waals surface area contributed by atoms with Gasteiger partial charge in [-0.15, -0.1) is 0 Å². The van der Waals surface area contributed by atoms with Crippen LogP contribution >= 0.6 is 0 Å². The summed E-state index contributed by atoms with van der Waals surface area (Å²) in [5.74, 6) is -1.55. The fourth-order valence-electron chi connectivity index (χ4n) is 3.62. The van der Waals surface area contributed by atoms with Crippen LogP contribution in [0.2, 0.25) is 0 Å². The Labute approximate surface area is 197 Å². The Hall–Kier alpha value is -4.22. The van der Waals surface area contributed by atoms with E-state index in [1.165, 1.54) is 30.0 Å². The number of nitrogens with zero attached hydrogens (tertiary/aromatic N) is 4. The van der Waals surface area contributed by atoms with Crippen LogP contribution in [0, 0.1) is 18.7 Å². The van der Waals surface area contributed by atoms with Gasteiger partial charge in [0, 0.05) is 42.0 Å². The van der Waals surface area contributed by atoms with Gasteiger partial charge in [0.05, 0.1) is 11.4 Å². The molecule has 1 aliphatic rings. The molecule has 184 valence electrons. The van der Waals surface area contributed by atoms with Crippen molar-refractivity contribution in [1.82, 2.24) is 14.5 Å². The van der Waals surface area contributed by atoms with Gasteiger partial charge in [-0.25, -0.2) is 13.8 Å². The van der Waals surface area contributed by atoms with Crippen molar-refractivity contribution in [2.75, 3.05) is 5.32 Å². The quantitative estimate of drug-likeness (QED) is 0.217. The number of alkyl halides is 1. The smallest absolute Gasteiger partial charge is 0.290 e. The van der Waals surface area contributed by atoms with E-state index in [9.17, 15) is 18.4 Å². The fourth-order valence-corrected chi connectivity index (χ4v) is 3.62. The fraction of sp³-hybridized carbons (Fsp3) is 0.304. The minimum atomic E-state index is -1.12. The lowest BCUT2D eigenvalue weighted by atomic mass is 10.00. The van der Waals surface area contributed by atoms with Crippen molar-refractivity contribution in [3.05, 3.63) is 52.0 Å². The van der Waals surface area contributed by atoms with Gasteiger partial charge < -0.3 is 20.2 Å². The molecule has 0 aromatic carbocycles. The number of carbonyl (C=O) groups excluding carboxylic acids is 1. The number of hydrogen-bond acceptors (Lipinski definition) is 7. The summed E-state index contributed by atoms with van der Waals surface area (Å²) < 4.78 is 29.4. The Morgan fingerprint density at radius 3 is 2.54 bits per heavy atom. The molecule has 35 heavy (non-hydrogen) atoms. The van der Waals surface area contributed by atoms with Gasteiger partial charge in [0.2, 0.25) is 5.91 Å². The first-order valence-corrected chi connectivity index (χ1v) is 10.6. The normalized spacial score (nSPS) is 16.9. The summed E-state index contributed by atoms with van der Waals surface area (Å²) in [5, 5.41) is 22.2. The zero-order chi connectivity index (χ0) is 25.9. The minimum Gasteiger partial charge on any atom is -0.483 e. The maximum atomic E-state index is 14.9. The first-order valence-electron chi connectivity index (χ1n) is 10.6. The van der Waals surface area contributed by atoms with E-state index in [1.54, 1.807) is 20.0 Å². The highest BCUT2D eigenvalue weighted by atomic mass is 19.1. The van der Waals surface area contributed by atoms with Crippen LogP contribution in [0.5, 0.6) is 0 Å². The summed E-state index contributed by atoms with van der Waals surface area (Å²) in [6.07, 6.45) is 2.22. The third-order valence-corrected chi connectivity index (χ3v) is 5.69. The Morgan fingerprint density at radius 1 is 1.31 bits per heavy atom. The number of amides is 1. The predicted octanol–water partition coefficient (Wildman–Crippen LogP) is 3.03. The number of hydrogen-bond donors (Lipinski definition) is 3. The second-order valence-corrected chi connectivity index (χ2v) is 7.86. The number of nitrogens with one attached hydrogen (secondary N) is 1. The molecule has 0 aliphatic heterocycles. The van der Waals surface area contributed by atoms with Crippen LogP contribution in [0.1, 0.15) is 31.0 Å². The van der Waals surface area contributed by atoms with Gasteiger partial charge in [-0.2, -0.15) is 0 Å². The van der Waals surface area contributed by atoms with E-state index >= 15 is 0 Å². The van der Waals surface area contributed by atoms with Gasteiger partial charge in [-0.1, -0.05) is 12.1 Å². The van der Waals surface area contributed by atoms with E-state index in [2.05, 4.69) is 20.4 Å². The van der Waals surface area contributed by atoms with E-state index in [0.29, 0.717) is 16.5 Å². The number of rotatable bonds is 5. The van der Waals surface area contributed by atoms with Crippen LogP contribution in [-0.4, -0.2) is 49.1 Å². The summed E-state index contributed by atoms with van der Waals surface area (Å²) in [6.45, 7) is 2.99. The number of carbonyl (C=O) groups is 2. The van der Waals surface area contributed by atoms with Crippen LogP contribution in [0.15, 0.2) is 34.5 Å². The van der Waals surface area contributed by atoms with Crippen LogP contribution in [0.3, 0.4) is 0 Å². The maximum Gasteiger partial charge on any atom is 0.290 e. The zero-order valence-electron chi connectivity index (χ0n) is 19.1. The molecular weight excluding hydrogens is 464 g/mol. The first kappa shape index (κ1) is 25.4. The number of oxime groups is 1. The van der Waals surface area contributed by atoms with Crippen LogP contribution in [-0.2, 0) is 16.6 Å². The molecule has 3 aromatic heterocycles. The number of fused-ring (bicyclic) bond motifs is 1. The Kier molecular flexibility index (Phi) is 7.52. The number of anilines is 1. The van der Waals surface area contributed by atoms with Gasteiger partial charge in [0.1, 0.15) is 23.4 Å². The van der Waals surface area contributed by atoms with Crippen LogP contribution < -0.4 is 10.9 Å². The summed E-state index contributed by atoms with van der Waals surface area (Å²) in [4.78, 5) is 41.7. The van der Waals surface area contributed by atoms with Gasteiger partial charge >= 0.3 is 0 Å². The second-order valence-electron chi connectivity index (χ2n) is 7.86. The van der Waals surface area contributed by atoms with E-state index < -0.39 is 29.4 Å². The molecule has 0 spiro atoms. The molecule has 4 rings (SSSR count). The van der Waals surface area contributed by atoms with Crippen molar-refractivity contribution in [3.63, 3.8) is 0 Å². The SMILES string of the molecule is CC/C(=N\O)c1ncc(-c2cc3cnc(NC(=O)[C@@H]4C[C@@H]4F)cc3n(C)c2=O)c(C)c1F.O=CO. The second kappa shape index (κ2) is 10.4. The minimum absolute atomic E-state index is 0.0675. The molecule has 2 atom stereocenters. The summed E-state index contributed by atoms with van der Waals surface area (Å²) in [5.41, 5.74) is 0.877. The van der Waals surface area contributed by atoms with Crippen molar-refractivity contribution < 1.29 is 28.7 Å². The standard InChI is InChI=1S/C22H21F2N5O3.CH2O2/c1-4-16(28-32)20-19(24)10(2)14(9-26-20)12-5-11-8-25-18(7-17(11)29(3)22(12)31)27-21(30)13-6-15(13)23;2-1-3/h5,7-9,13,15,32H,4,6H2,1-3H3,(H,25,27,30);1H,(H,2,3)/b28-16+;/t13-,15+;/m1./s1. The van der Waals surface area contributed by atoms with Crippen molar-refractivity contribution >= 4 is 34.8 Å². The van der Waals surface area contributed by atoms with Crippen molar-refractivity contribution in [2.45, 2.75) is 32.9 Å². The molecule has 0 unspecified atom stereocenters. The average Bonchev–Trinajstić information content (AvgIpc) is 3.57. The topological polar surface area (TPSA) is 147 Å². The molecule has 3 heterocycles. The van der Waals surface area contributed by atoms with E-state index in [1.807, 2.05) is 0 Å². The van der Waals surface area contributed by atoms with Crippen molar-refractivity contribution in [2.24, 2.45) is 18.1 Å². The molecule has 10 nitrogen and oxygen atoms in total. The van der Waals surface area contributed by atoms with E-state index in [4.69, 9.17) is 15.1 Å². The molecule has 1 fully saturated rings. The largest absolute Gasteiger partial charge is 0.483 e. The third-order valence-electron chi connectivity index (χ3n) is 5.69. The third kappa shape index (κ3) is 5.00. The molecular formula is C23H23F2N5O5. The number of pyridine rings is 3. The number of aryl methyl sites for hydroxylation is 1. The molecule has 0 radical (unpaired) electrons.